The van der Waals surface area contributed by atoms with Crippen molar-refractivity contribution in [2.24, 2.45) is 0 Å². The van der Waals surface area contributed by atoms with Crippen molar-refractivity contribution in [2.45, 2.75) is 0 Å². The average molecular weight is 457 g/mol. The van der Waals surface area contributed by atoms with E-state index in [4.69, 9.17) is 16.3 Å². The van der Waals surface area contributed by atoms with Crippen molar-refractivity contribution in [3.63, 3.8) is 0 Å². The van der Waals surface area contributed by atoms with Crippen LogP contribution in [0.2, 0.25) is 5.02 Å². The van der Waals surface area contributed by atoms with E-state index in [1.807, 2.05) is 24.3 Å². The van der Waals surface area contributed by atoms with Crippen LogP contribution in [0.15, 0.2) is 53.9 Å². The van der Waals surface area contributed by atoms with Gasteiger partial charge in [0.25, 0.3) is 11.8 Å². The smallest absolute Gasteiger partial charge is 0.273 e. The number of hydrogen-bond donors (Lipinski definition) is 1. The molecule has 9 heteroatoms. The standard InChI is InChI=1S/C22H21ClN4O3S/c1-30-18-4-2-3-17(13-18)26-9-11-27(12-10-26)21(29)19-14-31-22(24-19)25-20(28)15-5-7-16(23)8-6-15/h2-8,13-14H,9-12H2,1H3,(H,24,25,28). The molecule has 0 bridgehead atoms. The topological polar surface area (TPSA) is 74.8 Å². The summed E-state index contributed by atoms with van der Waals surface area (Å²) in [6.45, 7) is 2.65. The monoisotopic (exact) mass is 456 g/mol. The van der Waals surface area contributed by atoms with Crippen molar-refractivity contribution < 1.29 is 14.3 Å². The number of halogens is 1. The Hall–Kier alpha value is -3.10. The van der Waals surface area contributed by atoms with Crippen molar-refractivity contribution in [3.8, 4) is 5.75 Å². The molecular weight excluding hydrogens is 436 g/mol. The fraction of sp³-hybridized carbons (Fsp3) is 0.227. The molecule has 3 aromatic rings. The van der Waals surface area contributed by atoms with Crippen molar-refractivity contribution in [1.29, 1.82) is 0 Å². The summed E-state index contributed by atoms with van der Waals surface area (Å²) in [6.07, 6.45) is 0. The van der Waals surface area contributed by atoms with E-state index in [2.05, 4.69) is 15.2 Å². The summed E-state index contributed by atoms with van der Waals surface area (Å²) in [6, 6.07) is 14.5. The summed E-state index contributed by atoms with van der Waals surface area (Å²) in [5, 5.41) is 5.35. The number of anilines is 2. The minimum Gasteiger partial charge on any atom is -0.497 e. The van der Waals surface area contributed by atoms with Gasteiger partial charge in [0.15, 0.2) is 5.13 Å². The van der Waals surface area contributed by atoms with Crippen molar-refractivity contribution in [2.75, 3.05) is 43.5 Å². The number of carbonyl (C=O) groups excluding carboxylic acids is 2. The lowest BCUT2D eigenvalue weighted by atomic mass is 10.2. The molecule has 1 aliphatic heterocycles. The van der Waals surface area contributed by atoms with E-state index in [0.29, 0.717) is 34.5 Å². The molecule has 1 saturated heterocycles. The highest BCUT2D eigenvalue weighted by Crippen LogP contribution is 2.23. The molecule has 0 aliphatic carbocycles. The van der Waals surface area contributed by atoms with Gasteiger partial charge in [0.2, 0.25) is 0 Å². The second kappa shape index (κ2) is 9.36. The van der Waals surface area contributed by atoms with Crippen LogP contribution in [0.4, 0.5) is 10.8 Å². The highest BCUT2D eigenvalue weighted by Gasteiger charge is 2.24. The number of nitrogens with one attached hydrogen (secondary N) is 1. The molecule has 2 heterocycles. The Balaban J connectivity index is 1.34. The molecule has 160 valence electrons. The normalized spacial score (nSPS) is 13.7. The third-order valence-electron chi connectivity index (χ3n) is 5.04. The van der Waals surface area contributed by atoms with Crippen LogP contribution in [0.1, 0.15) is 20.8 Å². The number of piperazine rings is 1. The first kappa shape index (κ1) is 21.1. The van der Waals surface area contributed by atoms with E-state index in [0.717, 1.165) is 24.5 Å². The first-order chi connectivity index (χ1) is 15.0. The molecule has 1 fully saturated rings. The molecule has 0 unspecified atom stereocenters. The summed E-state index contributed by atoms with van der Waals surface area (Å²) < 4.78 is 5.29. The zero-order valence-electron chi connectivity index (χ0n) is 16.9. The molecule has 2 amide bonds. The van der Waals surface area contributed by atoms with E-state index in [1.165, 1.54) is 11.3 Å². The van der Waals surface area contributed by atoms with Crippen LogP contribution in [0.25, 0.3) is 0 Å². The van der Waals surface area contributed by atoms with Gasteiger partial charge < -0.3 is 14.5 Å². The van der Waals surface area contributed by atoms with E-state index in [-0.39, 0.29) is 11.8 Å². The Morgan fingerprint density at radius 1 is 1.10 bits per heavy atom. The van der Waals surface area contributed by atoms with Crippen LogP contribution in [-0.4, -0.2) is 55.0 Å². The highest BCUT2D eigenvalue weighted by atomic mass is 35.5. The minimum absolute atomic E-state index is 0.131. The number of carbonyl (C=O) groups is 2. The Bertz CT molecular complexity index is 1080. The van der Waals surface area contributed by atoms with E-state index in [1.54, 1.807) is 41.7 Å². The Labute approximate surface area is 189 Å². The van der Waals surface area contributed by atoms with Crippen LogP contribution < -0.4 is 15.0 Å². The third-order valence-corrected chi connectivity index (χ3v) is 6.05. The molecule has 31 heavy (non-hydrogen) atoms. The molecule has 1 N–H and O–H groups in total. The minimum atomic E-state index is -0.295. The molecule has 0 radical (unpaired) electrons. The molecule has 1 aromatic heterocycles. The van der Waals surface area contributed by atoms with E-state index in [9.17, 15) is 9.59 Å². The van der Waals surface area contributed by atoms with Gasteiger partial charge in [-0.2, -0.15) is 0 Å². The number of thiazole rings is 1. The predicted octanol–water partition coefficient (Wildman–Crippen LogP) is 4.02. The van der Waals surface area contributed by atoms with Gasteiger partial charge in [-0.25, -0.2) is 4.98 Å². The first-order valence-electron chi connectivity index (χ1n) is 9.74. The number of nitrogens with zero attached hydrogens (tertiary/aromatic N) is 3. The lowest BCUT2D eigenvalue weighted by Gasteiger charge is -2.35. The quantitative estimate of drug-likeness (QED) is 0.627. The number of methoxy groups -OCH3 is 1. The van der Waals surface area contributed by atoms with Gasteiger partial charge in [-0.15, -0.1) is 11.3 Å². The average Bonchev–Trinajstić information content (AvgIpc) is 3.27. The van der Waals surface area contributed by atoms with Crippen molar-refractivity contribution >= 4 is 45.6 Å². The van der Waals surface area contributed by atoms with Gasteiger partial charge in [-0.05, 0) is 36.4 Å². The molecule has 0 saturated carbocycles. The molecule has 0 atom stereocenters. The van der Waals surface area contributed by atoms with Gasteiger partial charge in [0.1, 0.15) is 11.4 Å². The van der Waals surface area contributed by atoms with E-state index >= 15 is 0 Å². The summed E-state index contributed by atoms with van der Waals surface area (Å²) in [5.41, 5.74) is 1.89. The maximum atomic E-state index is 12.9. The van der Waals surface area contributed by atoms with Gasteiger partial charge in [0, 0.05) is 53.9 Å². The second-order valence-electron chi connectivity index (χ2n) is 6.98. The van der Waals surface area contributed by atoms with Gasteiger partial charge in [0.05, 0.1) is 7.11 Å². The SMILES string of the molecule is COc1cccc(N2CCN(C(=O)c3csc(NC(=O)c4ccc(Cl)cc4)n3)CC2)c1. The summed E-state index contributed by atoms with van der Waals surface area (Å²) >= 11 is 7.08. The molecule has 7 nitrogen and oxygen atoms in total. The number of rotatable bonds is 5. The zero-order valence-corrected chi connectivity index (χ0v) is 18.4. The van der Waals surface area contributed by atoms with Crippen molar-refractivity contribution in [3.05, 3.63) is 70.2 Å². The zero-order chi connectivity index (χ0) is 21.8. The summed E-state index contributed by atoms with van der Waals surface area (Å²) in [4.78, 5) is 33.5. The maximum Gasteiger partial charge on any atom is 0.273 e. The van der Waals surface area contributed by atoms with Crippen LogP contribution >= 0.6 is 22.9 Å². The molecular formula is C22H21ClN4O3S. The van der Waals surface area contributed by atoms with Gasteiger partial charge in [-0.3, -0.25) is 14.9 Å². The first-order valence-corrected chi connectivity index (χ1v) is 11.0. The number of ether oxygens (including phenoxy) is 1. The molecule has 0 spiro atoms. The number of aromatic nitrogens is 1. The van der Waals surface area contributed by atoms with Crippen LogP contribution in [0, 0.1) is 0 Å². The maximum absolute atomic E-state index is 12.9. The lowest BCUT2D eigenvalue weighted by molar-refractivity contribution is 0.0741. The van der Waals surface area contributed by atoms with E-state index < -0.39 is 0 Å². The molecule has 1 aliphatic rings. The highest BCUT2D eigenvalue weighted by molar-refractivity contribution is 7.14. The summed E-state index contributed by atoms with van der Waals surface area (Å²) in [5.74, 6) is 0.386. The molecule has 2 aromatic carbocycles. The number of benzene rings is 2. The Morgan fingerprint density at radius 3 is 2.55 bits per heavy atom. The summed E-state index contributed by atoms with van der Waals surface area (Å²) in [7, 11) is 1.65. The predicted molar refractivity (Wildman–Crippen MR) is 123 cm³/mol. The Morgan fingerprint density at radius 2 is 1.84 bits per heavy atom. The largest absolute Gasteiger partial charge is 0.497 e. The second-order valence-corrected chi connectivity index (χ2v) is 8.27. The lowest BCUT2D eigenvalue weighted by Crippen LogP contribution is -2.48. The van der Waals surface area contributed by atoms with Crippen LogP contribution in [0.5, 0.6) is 5.75 Å². The van der Waals surface area contributed by atoms with Gasteiger partial charge >= 0.3 is 0 Å². The van der Waals surface area contributed by atoms with Crippen LogP contribution in [-0.2, 0) is 0 Å². The Kier molecular flexibility index (Phi) is 6.39. The third kappa shape index (κ3) is 4.98. The molecule has 4 rings (SSSR count). The van der Waals surface area contributed by atoms with Gasteiger partial charge in [-0.1, -0.05) is 17.7 Å². The fourth-order valence-electron chi connectivity index (χ4n) is 3.34. The number of hydrogen-bond acceptors (Lipinski definition) is 6. The fourth-order valence-corrected chi connectivity index (χ4v) is 4.14. The van der Waals surface area contributed by atoms with Crippen molar-refractivity contribution in [1.82, 2.24) is 9.88 Å². The van der Waals surface area contributed by atoms with Crippen LogP contribution in [0.3, 0.4) is 0 Å². The number of amides is 2.